The smallest absolute Gasteiger partial charge is 0.414 e. The van der Waals surface area contributed by atoms with Crippen molar-refractivity contribution in [3.63, 3.8) is 0 Å². The van der Waals surface area contributed by atoms with Gasteiger partial charge in [0.2, 0.25) is 5.91 Å². The van der Waals surface area contributed by atoms with E-state index in [1.165, 1.54) is 12.8 Å². The molecule has 29 heavy (non-hydrogen) atoms. The second kappa shape index (κ2) is 11.0. The fraction of sp³-hybridized carbons (Fsp3) is 0.550. The van der Waals surface area contributed by atoms with Crippen LogP contribution in [-0.2, 0) is 20.9 Å². The predicted octanol–water partition coefficient (Wildman–Crippen LogP) is 2.47. The molecule has 4 N–H and O–H groups in total. The zero-order valence-electron chi connectivity index (χ0n) is 16.1. The van der Waals surface area contributed by atoms with Crippen molar-refractivity contribution in [1.82, 2.24) is 10.2 Å². The summed E-state index contributed by atoms with van der Waals surface area (Å²) in [5.74, 6) is -2.98. The van der Waals surface area contributed by atoms with Gasteiger partial charge in [-0.15, -0.1) is 0 Å². The Morgan fingerprint density at radius 1 is 1.03 bits per heavy atom. The van der Waals surface area contributed by atoms with Gasteiger partial charge in [-0.25, -0.2) is 9.59 Å². The maximum absolute atomic E-state index is 12.3. The molecule has 8 nitrogen and oxygen atoms in total. The van der Waals surface area contributed by atoms with Crippen molar-refractivity contribution in [2.24, 2.45) is 5.92 Å². The number of aromatic hydroxyl groups is 1. The van der Waals surface area contributed by atoms with Crippen LogP contribution in [0.25, 0.3) is 0 Å². The van der Waals surface area contributed by atoms with Crippen molar-refractivity contribution in [2.75, 3.05) is 13.1 Å². The molecule has 1 amide bonds. The van der Waals surface area contributed by atoms with E-state index < -0.39 is 11.9 Å². The number of piperidine rings is 1. The maximum Gasteiger partial charge on any atom is 0.414 e. The molecule has 1 aromatic carbocycles. The highest BCUT2D eigenvalue weighted by Crippen LogP contribution is 2.26. The number of carbonyl (C=O) groups is 3. The number of hydrogen-bond donors (Lipinski definition) is 4. The third-order valence-corrected chi connectivity index (χ3v) is 5.51. The number of rotatable bonds is 4. The van der Waals surface area contributed by atoms with Crippen molar-refractivity contribution >= 4 is 29.4 Å². The zero-order valence-corrected chi connectivity index (χ0v) is 16.9. The molecule has 0 aromatic heterocycles. The van der Waals surface area contributed by atoms with Crippen LogP contribution in [0.5, 0.6) is 5.75 Å². The monoisotopic (exact) mass is 426 g/mol. The standard InChI is InChI=1S/C18H25ClN2O2.C2H2O4/c19-15-5-6-17(22)14(11-15)12-21-9-7-13(8-10-21)18(23)20-16-3-1-2-4-16;3-1(4)2(5)6/h5-6,11,13,16,22H,1-4,7-10,12H2,(H,20,23);(H,3,4)(H,5,6). The van der Waals surface area contributed by atoms with Gasteiger partial charge in [-0.1, -0.05) is 24.4 Å². The lowest BCUT2D eigenvalue weighted by atomic mass is 9.95. The van der Waals surface area contributed by atoms with Gasteiger partial charge in [-0.2, -0.15) is 0 Å². The Morgan fingerprint density at radius 3 is 2.17 bits per heavy atom. The SMILES string of the molecule is O=C(NC1CCCC1)C1CCN(Cc2cc(Cl)ccc2O)CC1.O=C(O)C(=O)O. The van der Waals surface area contributed by atoms with Gasteiger partial charge < -0.3 is 20.6 Å². The van der Waals surface area contributed by atoms with E-state index in [-0.39, 0.29) is 17.6 Å². The molecule has 1 saturated heterocycles. The minimum absolute atomic E-state index is 0.139. The lowest BCUT2D eigenvalue weighted by molar-refractivity contribution is -0.159. The summed E-state index contributed by atoms with van der Waals surface area (Å²) in [5, 5.41) is 28.6. The first-order valence-corrected chi connectivity index (χ1v) is 10.1. The molecule has 9 heteroatoms. The number of hydrogen-bond acceptors (Lipinski definition) is 5. The number of nitrogens with zero attached hydrogens (tertiary/aromatic N) is 1. The summed E-state index contributed by atoms with van der Waals surface area (Å²) in [6.07, 6.45) is 6.54. The molecular formula is C20H27ClN2O6. The Kier molecular flexibility index (Phi) is 8.72. The van der Waals surface area contributed by atoms with Crippen LogP contribution in [-0.4, -0.2) is 57.2 Å². The maximum atomic E-state index is 12.3. The number of nitrogens with one attached hydrogen (secondary N) is 1. The number of phenols is 1. The van der Waals surface area contributed by atoms with E-state index in [0.29, 0.717) is 17.6 Å². The van der Waals surface area contributed by atoms with Crippen LogP contribution in [0.1, 0.15) is 44.1 Å². The van der Waals surface area contributed by atoms with Crippen LogP contribution in [0, 0.1) is 5.92 Å². The molecule has 1 aromatic rings. The Hall–Kier alpha value is -2.32. The molecule has 160 valence electrons. The van der Waals surface area contributed by atoms with Gasteiger partial charge in [-0.3, -0.25) is 9.69 Å². The molecule has 0 spiro atoms. The molecular weight excluding hydrogens is 400 g/mol. The summed E-state index contributed by atoms with van der Waals surface area (Å²) in [6, 6.07) is 5.55. The molecule has 0 unspecified atom stereocenters. The van der Waals surface area contributed by atoms with Gasteiger partial charge in [0, 0.05) is 29.1 Å². The highest BCUT2D eigenvalue weighted by molar-refractivity contribution is 6.30. The third-order valence-electron chi connectivity index (χ3n) is 5.28. The van der Waals surface area contributed by atoms with Crippen molar-refractivity contribution < 1.29 is 29.7 Å². The number of halogens is 1. The van der Waals surface area contributed by atoms with Crippen LogP contribution < -0.4 is 5.32 Å². The van der Waals surface area contributed by atoms with Gasteiger partial charge in [0.15, 0.2) is 0 Å². The Labute approximate surface area is 174 Å². The van der Waals surface area contributed by atoms with Crippen LogP contribution in [0.15, 0.2) is 18.2 Å². The van der Waals surface area contributed by atoms with E-state index in [2.05, 4.69) is 10.2 Å². The fourth-order valence-corrected chi connectivity index (χ4v) is 3.86. The molecule has 1 heterocycles. The largest absolute Gasteiger partial charge is 0.508 e. The molecule has 2 fully saturated rings. The molecule has 0 atom stereocenters. The number of amides is 1. The Balaban J connectivity index is 0.000000438. The summed E-state index contributed by atoms with van der Waals surface area (Å²) in [5.41, 5.74) is 0.853. The second-order valence-corrected chi connectivity index (χ2v) is 7.86. The first-order chi connectivity index (χ1) is 13.8. The van der Waals surface area contributed by atoms with Crippen LogP contribution in [0.2, 0.25) is 5.02 Å². The normalized spacial score (nSPS) is 18.0. The second-order valence-electron chi connectivity index (χ2n) is 7.42. The number of likely N-dealkylation sites (tertiary alicyclic amines) is 1. The van der Waals surface area contributed by atoms with E-state index in [9.17, 15) is 9.90 Å². The molecule has 3 rings (SSSR count). The van der Waals surface area contributed by atoms with Gasteiger partial charge in [0.25, 0.3) is 0 Å². The average Bonchev–Trinajstić information content (AvgIpc) is 3.18. The van der Waals surface area contributed by atoms with Crippen molar-refractivity contribution in [3.05, 3.63) is 28.8 Å². The van der Waals surface area contributed by atoms with Gasteiger partial charge in [-0.05, 0) is 57.0 Å². The van der Waals surface area contributed by atoms with Gasteiger partial charge in [0.05, 0.1) is 0 Å². The summed E-state index contributed by atoms with van der Waals surface area (Å²) in [6.45, 7) is 2.45. The van der Waals surface area contributed by atoms with E-state index in [1.54, 1.807) is 12.1 Å². The van der Waals surface area contributed by atoms with Crippen LogP contribution in [0.3, 0.4) is 0 Å². The number of carboxylic acid groups (broad SMARTS) is 2. The van der Waals surface area contributed by atoms with Gasteiger partial charge in [0.1, 0.15) is 5.75 Å². The summed E-state index contributed by atoms with van der Waals surface area (Å²) in [7, 11) is 0. The predicted molar refractivity (Wildman–Crippen MR) is 107 cm³/mol. The van der Waals surface area contributed by atoms with E-state index >= 15 is 0 Å². The summed E-state index contributed by atoms with van der Waals surface area (Å²) in [4.78, 5) is 32.8. The number of carbonyl (C=O) groups excluding carboxylic acids is 1. The van der Waals surface area contributed by atoms with Crippen molar-refractivity contribution in [1.29, 1.82) is 0 Å². The number of aliphatic carboxylic acids is 2. The highest BCUT2D eigenvalue weighted by atomic mass is 35.5. The molecule has 0 radical (unpaired) electrons. The topological polar surface area (TPSA) is 127 Å². The number of benzene rings is 1. The van der Waals surface area contributed by atoms with Gasteiger partial charge >= 0.3 is 11.9 Å². The van der Waals surface area contributed by atoms with E-state index in [1.807, 2.05) is 6.07 Å². The lowest BCUT2D eigenvalue weighted by Crippen LogP contribution is -2.43. The molecule has 2 aliphatic rings. The number of phenolic OH excluding ortho intramolecular Hbond substituents is 1. The van der Waals surface area contributed by atoms with Crippen molar-refractivity contribution in [2.45, 2.75) is 51.1 Å². The third kappa shape index (κ3) is 7.55. The van der Waals surface area contributed by atoms with Crippen molar-refractivity contribution in [3.8, 4) is 5.75 Å². The zero-order chi connectivity index (χ0) is 21.4. The van der Waals surface area contributed by atoms with E-state index in [0.717, 1.165) is 44.3 Å². The first-order valence-electron chi connectivity index (χ1n) is 9.72. The minimum Gasteiger partial charge on any atom is -0.508 e. The van der Waals surface area contributed by atoms with Crippen LogP contribution in [0.4, 0.5) is 0 Å². The molecule has 1 aliphatic carbocycles. The highest BCUT2D eigenvalue weighted by Gasteiger charge is 2.27. The summed E-state index contributed by atoms with van der Waals surface area (Å²) < 4.78 is 0. The Bertz CT molecular complexity index is 716. The Morgan fingerprint density at radius 2 is 1.62 bits per heavy atom. The minimum atomic E-state index is -1.82. The van der Waals surface area contributed by atoms with Crippen LogP contribution >= 0.6 is 11.6 Å². The lowest BCUT2D eigenvalue weighted by Gasteiger charge is -2.32. The molecule has 0 bridgehead atoms. The number of carboxylic acids is 2. The fourth-order valence-electron chi connectivity index (χ4n) is 3.66. The first kappa shape index (κ1) is 23.0. The average molecular weight is 427 g/mol. The molecule has 1 aliphatic heterocycles. The van der Waals surface area contributed by atoms with E-state index in [4.69, 9.17) is 31.4 Å². The summed E-state index contributed by atoms with van der Waals surface area (Å²) >= 11 is 6.00. The quantitative estimate of drug-likeness (QED) is 0.544. The molecule has 1 saturated carbocycles.